The van der Waals surface area contributed by atoms with E-state index in [0.29, 0.717) is 0 Å². The molecule has 0 spiro atoms. The summed E-state index contributed by atoms with van der Waals surface area (Å²) < 4.78 is 1.94. The van der Waals surface area contributed by atoms with Gasteiger partial charge in [-0.3, -0.25) is 4.79 Å². The summed E-state index contributed by atoms with van der Waals surface area (Å²) in [4.78, 5) is 10.9. The van der Waals surface area contributed by atoms with Crippen LogP contribution >= 0.6 is 0 Å². The summed E-state index contributed by atoms with van der Waals surface area (Å²) in [6, 6.07) is 10.8. The monoisotopic (exact) mass is 215 g/mol. The van der Waals surface area contributed by atoms with Crippen LogP contribution in [-0.2, 0) is 13.2 Å². The zero-order chi connectivity index (χ0) is 11.4. The number of aromatic nitrogens is 1. The lowest BCUT2D eigenvalue weighted by Gasteiger charge is -2.06. The smallest absolute Gasteiger partial charge is 0.181 e. The SMILES string of the molecule is O=c1ccn(Cc2ccc(CO)cc2)cc1. The Morgan fingerprint density at radius 3 is 2.06 bits per heavy atom. The first-order chi connectivity index (χ1) is 7.78. The zero-order valence-electron chi connectivity index (χ0n) is 8.84. The van der Waals surface area contributed by atoms with Gasteiger partial charge in [0.05, 0.1) is 6.61 Å². The highest BCUT2D eigenvalue weighted by Gasteiger charge is 1.94. The predicted octanol–water partition coefficient (Wildman–Crippen LogP) is 1.39. The largest absolute Gasteiger partial charge is 0.392 e. The molecule has 2 rings (SSSR count). The average Bonchev–Trinajstić information content (AvgIpc) is 2.33. The first-order valence-corrected chi connectivity index (χ1v) is 5.13. The molecule has 3 heteroatoms. The number of aliphatic hydroxyl groups excluding tert-OH is 1. The van der Waals surface area contributed by atoms with E-state index in [4.69, 9.17) is 5.11 Å². The topological polar surface area (TPSA) is 42.2 Å². The summed E-state index contributed by atoms with van der Waals surface area (Å²) in [6.07, 6.45) is 3.53. The highest BCUT2D eigenvalue weighted by molar-refractivity contribution is 5.22. The molecule has 82 valence electrons. The molecular formula is C13H13NO2. The van der Waals surface area contributed by atoms with Crippen molar-refractivity contribution in [3.05, 3.63) is 70.1 Å². The fourth-order valence-corrected chi connectivity index (χ4v) is 1.51. The van der Waals surface area contributed by atoms with Crippen LogP contribution in [0, 0.1) is 0 Å². The Bertz CT molecular complexity index is 494. The molecule has 0 aliphatic rings. The number of hydrogen-bond acceptors (Lipinski definition) is 2. The molecule has 0 unspecified atom stereocenters. The third-order valence-electron chi connectivity index (χ3n) is 2.43. The Balaban J connectivity index is 2.14. The maximum Gasteiger partial charge on any atom is 0.181 e. The first kappa shape index (κ1) is 10.6. The molecule has 2 aromatic rings. The van der Waals surface area contributed by atoms with Crippen molar-refractivity contribution in [2.24, 2.45) is 0 Å². The van der Waals surface area contributed by atoms with Gasteiger partial charge in [-0.15, -0.1) is 0 Å². The van der Waals surface area contributed by atoms with E-state index in [2.05, 4.69) is 0 Å². The summed E-state index contributed by atoms with van der Waals surface area (Å²) in [5.74, 6) is 0. The van der Waals surface area contributed by atoms with Crippen molar-refractivity contribution in [2.45, 2.75) is 13.2 Å². The summed E-state index contributed by atoms with van der Waals surface area (Å²) in [5, 5.41) is 8.91. The highest BCUT2D eigenvalue weighted by atomic mass is 16.3. The Hall–Kier alpha value is -1.87. The van der Waals surface area contributed by atoms with E-state index in [1.807, 2.05) is 28.8 Å². The van der Waals surface area contributed by atoms with Gasteiger partial charge in [0, 0.05) is 31.1 Å². The van der Waals surface area contributed by atoms with Gasteiger partial charge in [-0.05, 0) is 11.1 Å². The third-order valence-corrected chi connectivity index (χ3v) is 2.43. The van der Waals surface area contributed by atoms with E-state index in [-0.39, 0.29) is 12.0 Å². The van der Waals surface area contributed by atoms with Crippen LogP contribution in [0.15, 0.2) is 53.6 Å². The summed E-state index contributed by atoms with van der Waals surface area (Å²) in [5.41, 5.74) is 2.07. The zero-order valence-corrected chi connectivity index (χ0v) is 8.84. The van der Waals surface area contributed by atoms with Crippen LogP contribution in [0.25, 0.3) is 0 Å². The van der Waals surface area contributed by atoms with Crippen LogP contribution in [0.5, 0.6) is 0 Å². The van der Waals surface area contributed by atoms with Crippen LogP contribution in [0.1, 0.15) is 11.1 Å². The molecule has 0 bridgehead atoms. The number of pyridine rings is 1. The number of hydrogen-bond donors (Lipinski definition) is 1. The summed E-state index contributed by atoms with van der Waals surface area (Å²) >= 11 is 0. The van der Waals surface area contributed by atoms with Crippen molar-refractivity contribution in [2.75, 3.05) is 0 Å². The van der Waals surface area contributed by atoms with Gasteiger partial charge >= 0.3 is 0 Å². The van der Waals surface area contributed by atoms with Gasteiger partial charge in [0.2, 0.25) is 0 Å². The van der Waals surface area contributed by atoms with Crippen molar-refractivity contribution in [1.82, 2.24) is 4.57 Å². The quantitative estimate of drug-likeness (QED) is 0.840. The van der Waals surface area contributed by atoms with Crippen LogP contribution < -0.4 is 5.43 Å². The highest BCUT2D eigenvalue weighted by Crippen LogP contribution is 2.05. The van der Waals surface area contributed by atoms with Gasteiger partial charge < -0.3 is 9.67 Å². The molecule has 0 fully saturated rings. The maximum atomic E-state index is 10.9. The molecule has 0 atom stereocenters. The minimum atomic E-state index is 0.0203. The second-order valence-corrected chi connectivity index (χ2v) is 3.68. The van der Waals surface area contributed by atoms with Gasteiger partial charge in [-0.2, -0.15) is 0 Å². The third kappa shape index (κ3) is 2.58. The molecule has 16 heavy (non-hydrogen) atoms. The average molecular weight is 215 g/mol. The fourth-order valence-electron chi connectivity index (χ4n) is 1.51. The maximum absolute atomic E-state index is 10.9. The van der Waals surface area contributed by atoms with Gasteiger partial charge in [-0.1, -0.05) is 24.3 Å². The fraction of sp³-hybridized carbons (Fsp3) is 0.154. The molecule has 0 radical (unpaired) electrons. The van der Waals surface area contributed by atoms with E-state index in [1.165, 1.54) is 0 Å². The van der Waals surface area contributed by atoms with E-state index in [1.54, 1.807) is 24.5 Å². The Morgan fingerprint density at radius 1 is 0.938 bits per heavy atom. The molecule has 1 aromatic carbocycles. The number of benzene rings is 1. The van der Waals surface area contributed by atoms with Crippen molar-refractivity contribution >= 4 is 0 Å². The molecule has 0 saturated heterocycles. The second-order valence-electron chi connectivity index (χ2n) is 3.68. The standard InChI is InChI=1S/C13H13NO2/c15-10-12-3-1-11(2-4-12)9-14-7-5-13(16)6-8-14/h1-8,15H,9-10H2. The predicted molar refractivity (Wildman–Crippen MR) is 62.2 cm³/mol. The molecule has 1 heterocycles. The number of aliphatic hydroxyl groups is 1. The van der Waals surface area contributed by atoms with Crippen molar-refractivity contribution in [3.63, 3.8) is 0 Å². The number of nitrogens with zero attached hydrogens (tertiary/aromatic N) is 1. The lowest BCUT2D eigenvalue weighted by atomic mass is 10.1. The molecule has 0 amide bonds. The normalized spacial score (nSPS) is 10.3. The minimum absolute atomic E-state index is 0.0203. The molecule has 1 N–H and O–H groups in total. The van der Waals surface area contributed by atoms with Gasteiger partial charge in [-0.25, -0.2) is 0 Å². The van der Waals surface area contributed by atoms with E-state index < -0.39 is 0 Å². The molecule has 1 aromatic heterocycles. The van der Waals surface area contributed by atoms with Crippen LogP contribution in [-0.4, -0.2) is 9.67 Å². The molecule has 0 saturated carbocycles. The molecule has 0 aliphatic heterocycles. The lowest BCUT2D eigenvalue weighted by Crippen LogP contribution is -2.04. The molecule has 3 nitrogen and oxygen atoms in total. The Kier molecular flexibility index (Phi) is 3.17. The van der Waals surface area contributed by atoms with E-state index >= 15 is 0 Å². The molecular weight excluding hydrogens is 202 g/mol. The Morgan fingerprint density at radius 2 is 1.50 bits per heavy atom. The summed E-state index contributed by atoms with van der Waals surface area (Å²) in [7, 11) is 0. The van der Waals surface area contributed by atoms with Gasteiger partial charge in [0.1, 0.15) is 0 Å². The minimum Gasteiger partial charge on any atom is -0.392 e. The van der Waals surface area contributed by atoms with Crippen LogP contribution in [0.4, 0.5) is 0 Å². The van der Waals surface area contributed by atoms with Gasteiger partial charge in [0.25, 0.3) is 0 Å². The molecule has 0 aliphatic carbocycles. The van der Waals surface area contributed by atoms with E-state index in [0.717, 1.165) is 17.7 Å². The second kappa shape index (κ2) is 4.77. The first-order valence-electron chi connectivity index (χ1n) is 5.13. The van der Waals surface area contributed by atoms with Gasteiger partial charge in [0.15, 0.2) is 5.43 Å². The van der Waals surface area contributed by atoms with Crippen molar-refractivity contribution < 1.29 is 5.11 Å². The Labute approximate surface area is 93.6 Å². The van der Waals surface area contributed by atoms with Crippen molar-refractivity contribution in [3.8, 4) is 0 Å². The lowest BCUT2D eigenvalue weighted by molar-refractivity contribution is 0.282. The van der Waals surface area contributed by atoms with Crippen LogP contribution in [0.3, 0.4) is 0 Å². The summed E-state index contributed by atoms with van der Waals surface area (Å²) in [6.45, 7) is 0.796. The van der Waals surface area contributed by atoms with Crippen LogP contribution in [0.2, 0.25) is 0 Å². The van der Waals surface area contributed by atoms with E-state index in [9.17, 15) is 4.79 Å². The number of rotatable bonds is 3. The van der Waals surface area contributed by atoms with Crippen molar-refractivity contribution in [1.29, 1.82) is 0 Å².